The second kappa shape index (κ2) is 5.94. The van der Waals surface area contributed by atoms with Crippen LogP contribution >= 0.6 is 11.6 Å². The van der Waals surface area contributed by atoms with Gasteiger partial charge in [0.05, 0.1) is 12.1 Å². The molecule has 0 aliphatic carbocycles. The zero-order valence-electron chi connectivity index (χ0n) is 11.5. The van der Waals surface area contributed by atoms with Crippen LogP contribution < -0.4 is 10.1 Å². The van der Waals surface area contributed by atoms with Crippen molar-refractivity contribution in [3.05, 3.63) is 27.8 Å². The van der Waals surface area contributed by atoms with Crippen LogP contribution in [0.15, 0.2) is 6.07 Å². The Bertz CT molecular complexity index is 425. The quantitative estimate of drug-likeness (QED) is 0.905. The minimum Gasteiger partial charge on any atom is -0.495 e. The highest BCUT2D eigenvalue weighted by Gasteiger charge is 2.18. The molecule has 0 aromatic heterocycles. The summed E-state index contributed by atoms with van der Waals surface area (Å²) in [5.74, 6) is 1.62. The molecular weight excluding hydrogens is 246 g/mol. The van der Waals surface area contributed by atoms with Crippen LogP contribution in [0.25, 0.3) is 0 Å². The number of rotatable bonds is 3. The molecule has 0 radical (unpaired) electrons. The Morgan fingerprint density at radius 3 is 2.61 bits per heavy atom. The van der Waals surface area contributed by atoms with Gasteiger partial charge in [-0.2, -0.15) is 0 Å². The minimum absolute atomic E-state index is 0.748. The Balaban J connectivity index is 2.25. The molecule has 1 aliphatic rings. The highest BCUT2D eigenvalue weighted by atomic mass is 35.5. The molecule has 2 rings (SSSR count). The first-order valence-electron chi connectivity index (χ1n) is 6.66. The maximum Gasteiger partial charge on any atom is 0.140 e. The number of ether oxygens (including phenoxy) is 1. The van der Waals surface area contributed by atoms with E-state index in [1.807, 2.05) is 0 Å². The molecule has 0 amide bonds. The number of hydrogen-bond acceptors (Lipinski definition) is 2. The maximum absolute atomic E-state index is 6.38. The van der Waals surface area contributed by atoms with Gasteiger partial charge in [0.2, 0.25) is 0 Å². The van der Waals surface area contributed by atoms with Gasteiger partial charge >= 0.3 is 0 Å². The predicted molar refractivity (Wildman–Crippen MR) is 76.8 cm³/mol. The van der Waals surface area contributed by atoms with Gasteiger partial charge in [-0.1, -0.05) is 17.7 Å². The molecule has 1 N–H and O–H groups in total. The Labute approximate surface area is 115 Å². The van der Waals surface area contributed by atoms with Crippen molar-refractivity contribution in [2.24, 2.45) is 5.92 Å². The average Bonchev–Trinajstić information content (AvgIpc) is 2.38. The second-order valence-electron chi connectivity index (χ2n) is 5.22. The van der Waals surface area contributed by atoms with Crippen molar-refractivity contribution >= 4 is 11.6 Å². The number of hydrogen-bond donors (Lipinski definition) is 1. The molecule has 1 saturated heterocycles. The third kappa shape index (κ3) is 2.81. The zero-order chi connectivity index (χ0) is 13.1. The molecule has 1 heterocycles. The van der Waals surface area contributed by atoms with Gasteiger partial charge in [0.15, 0.2) is 0 Å². The van der Waals surface area contributed by atoms with Gasteiger partial charge in [-0.3, -0.25) is 0 Å². The van der Waals surface area contributed by atoms with Crippen LogP contribution in [0.3, 0.4) is 0 Å². The van der Waals surface area contributed by atoms with E-state index >= 15 is 0 Å². The molecular formula is C15H22ClNO. The van der Waals surface area contributed by atoms with Crippen LogP contribution in [0.4, 0.5) is 0 Å². The van der Waals surface area contributed by atoms with E-state index in [9.17, 15) is 0 Å². The van der Waals surface area contributed by atoms with Gasteiger partial charge in [-0.05, 0) is 68.8 Å². The van der Waals surface area contributed by atoms with Gasteiger partial charge in [0.25, 0.3) is 0 Å². The smallest absolute Gasteiger partial charge is 0.140 e. The number of halogens is 1. The fourth-order valence-corrected chi connectivity index (χ4v) is 3.04. The zero-order valence-corrected chi connectivity index (χ0v) is 12.2. The van der Waals surface area contributed by atoms with E-state index < -0.39 is 0 Å². The van der Waals surface area contributed by atoms with E-state index in [0.717, 1.165) is 41.8 Å². The van der Waals surface area contributed by atoms with Crippen molar-refractivity contribution < 1.29 is 4.74 Å². The molecule has 1 aromatic carbocycles. The van der Waals surface area contributed by atoms with Crippen molar-refractivity contribution in [1.82, 2.24) is 5.32 Å². The van der Waals surface area contributed by atoms with E-state index in [1.54, 1.807) is 7.11 Å². The lowest BCUT2D eigenvalue weighted by Crippen LogP contribution is -2.28. The maximum atomic E-state index is 6.38. The highest BCUT2D eigenvalue weighted by Crippen LogP contribution is 2.36. The Morgan fingerprint density at radius 2 is 2.00 bits per heavy atom. The van der Waals surface area contributed by atoms with Crippen LogP contribution in [0, 0.1) is 19.8 Å². The van der Waals surface area contributed by atoms with E-state index in [1.165, 1.54) is 24.0 Å². The van der Waals surface area contributed by atoms with Crippen LogP contribution in [0.2, 0.25) is 5.02 Å². The summed E-state index contributed by atoms with van der Waals surface area (Å²) in [6.07, 6.45) is 3.56. The summed E-state index contributed by atoms with van der Waals surface area (Å²) in [5, 5.41) is 4.18. The molecule has 3 heteroatoms. The number of benzene rings is 1. The average molecular weight is 268 g/mol. The summed E-state index contributed by atoms with van der Waals surface area (Å²) in [4.78, 5) is 0. The predicted octanol–water partition coefficient (Wildman–Crippen LogP) is 3.51. The van der Waals surface area contributed by atoms with E-state index in [2.05, 4.69) is 25.2 Å². The van der Waals surface area contributed by atoms with Crippen molar-refractivity contribution in [2.75, 3.05) is 20.2 Å². The second-order valence-corrected chi connectivity index (χ2v) is 5.60. The summed E-state index contributed by atoms with van der Waals surface area (Å²) in [7, 11) is 1.71. The third-order valence-corrected chi connectivity index (χ3v) is 4.43. The molecule has 0 spiro atoms. The van der Waals surface area contributed by atoms with Crippen molar-refractivity contribution in [2.45, 2.75) is 33.1 Å². The summed E-state index contributed by atoms with van der Waals surface area (Å²) >= 11 is 6.38. The van der Waals surface area contributed by atoms with Crippen LogP contribution in [-0.4, -0.2) is 20.2 Å². The monoisotopic (exact) mass is 267 g/mol. The third-order valence-electron chi connectivity index (χ3n) is 3.97. The number of piperidine rings is 1. The first-order chi connectivity index (χ1) is 8.63. The van der Waals surface area contributed by atoms with Crippen molar-refractivity contribution in [1.29, 1.82) is 0 Å². The van der Waals surface area contributed by atoms with Crippen molar-refractivity contribution in [3.8, 4) is 5.75 Å². The number of methoxy groups -OCH3 is 1. The number of nitrogens with one attached hydrogen (secondary N) is 1. The van der Waals surface area contributed by atoms with E-state index in [4.69, 9.17) is 16.3 Å². The molecule has 0 bridgehead atoms. The molecule has 2 nitrogen and oxygen atoms in total. The highest BCUT2D eigenvalue weighted by molar-refractivity contribution is 6.33. The Kier molecular flexibility index (Phi) is 4.52. The molecule has 0 atom stereocenters. The van der Waals surface area contributed by atoms with Gasteiger partial charge in [0.1, 0.15) is 5.75 Å². The van der Waals surface area contributed by atoms with Crippen LogP contribution in [0.1, 0.15) is 29.5 Å². The van der Waals surface area contributed by atoms with Gasteiger partial charge in [-0.25, -0.2) is 0 Å². The molecule has 1 aliphatic heterocycles. The Hall–Kier alpha value is -0.730. The van der Waals surface area contributed by atoms with Crippen LogP contribution in [-0.2, 0) is 6.42 Å². The summed E-state index contributed by atoms with van der Waals surface area (Å²) in [6, 6.07) is 2.24. The van der Waals surface area contributed by atoms with Crippen molar-refractivity contribution in [3.63, 3.8) is 0 Å². The molecule has 0 unspecified atom stereocenters. The normalized spacial score (nSPS) is 16.9. The lowest BCUT2D eigenvalue weighted by atomic mass is 9.89. The molecule has 1 aromatic rings. The Morgan fingerprint density at radius 1 is 1.33 bits per heavy atom. The molecule has 0 saturated carbocycles. The summed E-state index contributed by atoms with van der Waals surface area (Å²) in [5.41, 5.74) is 3.64. The van der Waals surface area contributed by atoms with Gasteiger partial charge in [0, 0.05) is 0 Å². The minimum atomic E-state index is 0.748. The molecule has 18 heavy (non-hydrogen) atoms. The molecule has 1 fully saturated rings. The fraction of sp³-hybridized carbons (Fsp3) is 0.600. The number of aryl methyl sites for hydroxylation is 1. The van der Waals surface area contributed by atoms with Gasteiger partial charge < -0.3 is 10.1 Å². The van der Waals surface area contributed by atoms with Gasteiger partial charge in [-0.15, -0.1) is 0 Å². The van der Waals surface area contributed by atoms with E-state index in [0.29, 0.717) is 0 Å². The lowest BCUT2D eigenvalue weighted by Gasteiger charge is -2.24. The topological polar surface area (TPSA) is 21.3 Å². The summed E-state index contributed by atoms with van der Waals surface area (Å²) < 4.78 is 5.51. The fourth-order valence-electron chi connectivity index (χ4n) is 2.69. The first-order valence-corrected chi connectivity index (χ1v) is 7.04. The first kappa shape index (κ1) is 13.7. The van der Waals surface area contributed by atoms with Crippen LogP contribution in [0.5, 0.6) is 5.75 Å². The van der Waals surface area contributed by atoms with E-state index in [-0.39, 0.29) is 0 Å². The lowest BCUT2D eigenvalue weighted by molar-refractivity contribution is 0.361. The molecule has 100 valence electrons. The largest absolute Gasteiger partial charge is 0.495 e. The SMILES string of the molecule is COc1c(CC2CCNCC2)cc(C)c(C)c1Cl. The standard InChI is InChI=1S/C15H22ClNO/c1-10-8-13(9-12-4-6-17-7-5-12)15(18-3)14(16)11(10)2/h8,12,17H,4-7,9H2,1-3H3. The summed E-state index contributed by atoms with van der Waals surface area (Å²) in [6.45, 7) is 6.43.